The molecule has 1 fully saturated rings. The van der Waals surface area contributed by atoms with Crippen molar-refractivity contribution in [2.45, 2.75) is 9.79 Å². The van der Waals surface area contributed by atoms with E-state index in [0.29, 0.717) is 19.0 Å². The van der Waals surface area contributed by atoms with Crippen LogP contribution in [0.4, 0.5) is 17.3 Å². The average molecular weight is 488 g/mol. The number of ether oxygens (including phenoxy) is 1. The van der Waals surface area contributed by atoms with E-state index in [1.807, 2.05) is 30.3 Å². The molecule has 1 saturated heterocycles. The number of rotatable bonds is 6. The Kier molecular flexibility index (Phi) is 6.51. The molecular weight excluding hydrogens is 470 g/mol. The fraction of sp³-hybridized carbons (Fsp3) is 0.190. The number of nitro groups is 1. The summed E-state index contributed by atoms with van der Waals surface area (Å²) in [5, 5.41) is 10.7. The molecule has 2 heterocycles. The molecule has 1 aromatic heterocycles. The number of aliphatic imine (C=N–C) groups is 1. The van der Waals surface area contributed by atoms with E-state index in [1.165, 1.54) is 23.9 Å². The van der Waals surface area contributed by atoms with Gasteiger partial charge in [-0.2, -0.15) is 0 Å². The minimum atomic E-state index is -0.400. The molecule has 0 N–H and O–H groups in total. The smallest absolute Gasteiger partial charge is 0.269 e. The molecule has 0 radical (unpaired) electrons. The second kappa shape index (κ2) is 9.46. The number of hydrogen-bond donors (Lipinski definition) is 0. The molecule has 154 valence electrons. The van der Waals surface area contributed by atoms with Gasteiger partial charge < -0.3 is 14.1 Å². The summed E-state index contributed by atoms with van der Waals surface area (Å²) in [6.07, 6.45) is 1.70. The fourth-order valence-corrected chi connectivity index (χ4v) is 4.31. The first-order chi connectivity index (χ1) is 14.6. The molecule has 30 heavy (non-hydrogen) atoms. The lowest BCUT2D eigenvalue weighted by Gasteiger charge is -2.26. The van der Waals surface area contributed by atoms with E-state index in [0.717, 1.165) is 38.9 Å². The summed E-state index contributed by atoms with van der Waals surface area (Å²) in [6, 6.07) is 16.2. The maximum Gasteiger partial charge on any atom is 0.269 e. The fourth-order valence-electron chi connectivity index (χ4n) is 2.93. The van der Waals surface area contributed by atoms with E-state index in [1.54, 1.807) is 18.3 Å². The molecule has 3 aromatic rings. The van der Waals surface area contributed by atoms with Crippen molar-refractivity contribution in [3.63, 3.8) is 0 Å². The molecule has 0 spiro atoms. The normalized spacial score (nSPS) is 14.4. The number of nitrogens with zero attached hydrogens (tertiary/aromatic N) is 3. The second-order valence-electron chi connectivity index (χ2n) is 6.51. The maximum atomic E-state index is 10.7. The molecule has 7 nitrogen and oxygen atoms in total. The number of hydrogen-bond acceptors (Lipinski definition) is 7. The lowest BCUT2D eigenvalue weighted by atomic mass is 10.3. The summed E-state index contributed by atoms with van der Waals surface area (Å²) in [5.74, 6) is 1.47. The number of morpholine rings is 1. The van der Waals surface area contributed by atoms with Crippen molar-refractivity contribution in [1.82, 2.24) is 0 Å². The highest BCUT2D eigenvalue weighted by Crippen LogP contribution is 2.32. The molecule has 0 atom stereocenters. The van der Waals surface area contributed by atoms with Gasteiger partial charge in [0.1, 0.15) is 5.76 Å². The molecule has 1 aliphatic heterocycles. The highest BCUT2D eigenvalue weighted by Gasteiger charge is 2.18. The van der Waals surface area contributed by atoms with Crippen LogP contribution < -0.4 is 4.90 Å². The van der Waals surface area contributed by atoms with E-state index < -0.39 is 4.92 Å². The summed E-state index contributed by atoms with van der Waals surface area (Å²) in [6.45, 7) is 2.99. The average Bonchev–Trinajstić information content (AvgIpc) is 3.15. The molecule has 0 unspecified atom stereocenters. The molecule has 9 heteroatoms. The van der Waals surface area contributed by atoms with Crippen molar-refractivity contribution >= 4 is 51.2 Å². The summed E-state index contributed by atoms with van der Waals surface area (Å²) < 4.78 is 12.2. The van der Waals surface area contributed by atoms with Crippen molar-refractivity contribution in [3.05, 3.63) is 74.9 Å². The van der Waals surface area contributed by atoms with Crippen LogP contribution in [0.5, 0.6) is 0 Å². The lowest BCUT2D eigenvalue weighted by Crippen LogP contribution is -2.36. The molecule has 4 rings (SSSR count). The van der Waals surface area contributed by atoms with Crippen LogP contribution in [0, 0.1) is 10.1 Å². The number of furan rings is 1. The van der Waals surface area contributed by atoms with Crippen LogP contribution in [-0.2, 0) is 4.74 Å². The third-order valence-corrected chi connectivity index (χ3v) is 6.03. The van der Waals surface area contributed by atoms with Gasteiger partial charge in [-0.15, -0.1) is 0 Å². The Balaban J connectivity index is 1.39. The first-order valence-electron chi connectivity index (χ1n) is 9.27. The first kappa shape index (κ1) is 20.6. The van der Waals surface area contributed by atoms with Gasteiger partial charge in [0.25, 0.3) is 5.69 Å². The number of benzene rings is 2. The van der Waals surface area contributed by atoms with Crippen LogP contribution in [0.2, 0.25) is 0 Å². The zero-order valence-corrected chi connectivity index (χ0v) is 18.3. The van der Waals surface area contributed by atoms with Gasteiger partial charge in [-0.1, -0.05) is 11.8 Å². The molecule has 0 bridgehead atoms. The zero-order valence-electron chi connectivity index (χ0n) is 15.9. The Hall–Kier alpha value is -2.62. The van der Waals surface area contributed by atoms with E-state index in [-0.39, 0.29) is 5.69 Å². The molecule has 0 aliphatic carbocycles. The summed E-state index contributed by atoms with van der Waals surface area (Å²) in [5.41, 5.74) is 0.897. The standard InChI is InChI=1S/C21H18BrN3O4S/c22-20-13-17(29-21(20)24-9-11-28-12-10-24)14-23-15-1-5-18(6-2-15)30-19-7-3-16(4-8-19)25(26)27/h1-8,13-14H,9-12H2. The lowest BCUT2D eigenvalue weighted by molar-refractivity contribution is -0.384. The molecular formula is C21H18BrN3O4S. The minimum absolute atomic E-state index is 0.0883. The monoisotopic (exact) mass is 487 g/mol. The number of halogens is 1. The quantitative estimate of drug-likeness (QED) is 0.252. The predicted molar refractivity (Wildman–Crippen MR) is 120 cm³/mol. The Morgan fingerprint density at radius 1 is 1.07 bits per heavy atom. The number of non-ortho nitro benzene ring substituents is 1. The Morgan fingerprint density at radius 3 is 2.33 bits per heavy atom. The van der Waals surface area contributed by atoms with Crippen LogP contribution in [-0.4, -0.2) is 37.4 Å². The van der Waals surface area contributed by atoms with Gasteiger partial charge in [0, 0.05) is 41.1 Å². The van der Waals surface area contributed by atoms with Gasteiger partial charge in [0.15, 0.2) is 0 Å². The Morgan fingerprint density at radius 2 is 1.70 bits per heavy atom. The van der Waals surface area contributed by atoms with Gasteiger partial charge in [0.05, 0.1) is 34.5 Å². The van der Waals surface area contributed by atoms with Crippen LogP contribution in [0.3, 0.4) is 0 Å². The Bertz CT molecular complexity index is 1050. The van der Waals surface area contributed by atoms with Gasteiger partial charge in [-0.3, -0.25) is 15.1 Å². The van der Waals surface area contributed by atoms with Crippen molar-refractivity contribution in [2.75, 3.05) is 31.2 Å². The van der Waals surface area contributed by atoms with Gasteiger partial charge in [-0.05, 0) is 52.3 Å². The third kappa shape index (κ3) is 5.10. The van der Waals surface area contributed by atoms with Gasteiger partial charge in [-0.25, -0.2) is 0 Å². The van der Waals surface area contributed by atoms with Crippen molar-refractivity contribution in [1.29, 1.82) is 0 Å². The zero-order chi connectivity index (χ0) is 20.9. The van der Waals surface area contributed by atoms with Crippen molar-refractivity contribution in [3.8, 4) is 0 Å². The summed E-state index contributed by atoms with van der Waals surface area (Å²) >= 11 is 5.09. The molecule has 1 aliphatic rings. The van der Waals surface area contributed by atoms with Crippen LogP contribution >= 0.6 is 27.7 Å². The van der Waals surface area contributed by atoms with E-state index >= 15 is 0 Å². The largest absolute Gasteiger partial charge is 0.438 e. The third-order valence-electron chi connectivity index (χ3n) is 4.45. The van der Waals surface area contributed by atoms with E-state index in [2.05, 4.69) is 25.8 Å². The Labute approximate surface area is 186 Å². The van der Waals surface area contributed by atoms with Gasteiger partial charge >= 0.3 is 0 Å². The first-order valence-corrected chi connectivity index (χ1v) is 10.9. The second-order valence-corrected chi connectivity index (χ2v) is 8.51. The topological polar surface area (TPSA) is 81.1 Å². The number of anilines is 1. The highest BCUT2D eigenvalue weighted by atomic mass is 79.9. The van der Waals surface area contributed by atoms with Crippen molar-refractivity contribution in [2.24, 2.45) is 4.99 Å². The highest BCUT2D eigenvalue weighted by molar-refractivity contribution is 9.10. The van der Waals surface area contributed by atoms with Crippen molar-refractivity contribution < 1.29 is 14.1 Å². The maximum absolute atomic E-state index is 10.7. The van der Waals surface area contributed by atoms with Crippen LogP contribution in [0.25, 0.3) is 0 Å². The predicted octanol–water partition coefficient (Wildman–Crippen LogP) is 5.69. The molecule has 0 amide bonds. The van der Waals surface area contributed by atoms with Crippen LogP contribution in [0.15, 0.2) is 78.3 Å². The number of nitro benzene ring substituents is 1. The van der Waals surface area contributed by atoms with Gasteiger partial charge in [0.2, 0.25) is 5.88 Å². The van der Waals surface area contributed by atoms with E-state index in [4.69, 9.17) is 9.15 Å². The van der Waals surface area contributed by atoms with E-state index in [9.17, 15) is 10.1 Å². The minimum Gasteiger partial charge on any atom is -0.438 e. The molecule has 2 aromatic carbocycles. The summed E-state index contributed by atoms with van der Waals surface area (Å²) in [7, 11) is 0. The van der Waals surface area contributed by atoms with Crippen LogP contribution in [0.1, 0.15) is 5.76 Å². The summed E-state index contributed by atoms with van der Waals surface area (Å²) in [4.78, 5) is 18.9. The SMILES string of the molecule is O=[N+]([O-])c1ccc(Sc2ccc(N=Cc3cc(Br)c(N4CCOCC4)o3)cc2)cc1. The molecule has 0 saturated carbocycles.